The highest BCUT2D eigenvalue weighted by atomic mass is 35.5. The highest BCUT2D eigenvalue weighted by Crippen LogP contribution is 2.37. The van der Waals surface area contributed by atoms with Crippen molar-refractivity contribution in [3.05, 3.63) is 22.9 Å². The maximum Gasteiger partial charge on any atom is 0.338 e. The second-order valence-electron chi connectivity index (χ2n) is 6.59. The summed E-state index contributed by atoms with van der Waals surface area (Å²) in [5.74, 6) is -1.71. The van der Waals surface area contributed by atoms with E-state index in [2.05, 4.69) is 0 Å². The number of alkyl halides is 1. The zero-order valence-electron chi connectivity index (χ0n) is 16.0. The van der Waals surface area contributed by atoms with Crippen molar-refractivity contribution in [1.29, 1.82) is 0 Å². The van der Waals surface area contributed by atoms with Crippen molar-refractivity contribution in [3.8, 4) is 0 Å². The van der Waals surface area contributed by atoms with Gasteiger partial charge in [0.25, 0.3) is 0 Å². The summed E-state index contributed by atoms with van der Waals surface area (Å²) in [5.41, 5.74) is 0.990. The van der Waals surface area contributed by atoms with E-state index in [1.54, 1.807) is 11.1 Å². The van der Waals surface area contributed by atoms with E-state index < -0.39 is 29.3 Å². The summed E-state index contributed by atoms with van der Waals surface area (Å²) < 4.78 is 14.7. The molecule has 27 heavy (non-hydrogen) atoms. The number of nitrogens with zero attached hydrogens (tertiary/aromatic N) is 1. The lowest BCUT2D eigenvalue weighted by Crippen LogP contribution is -2.48. The summed E-state index contributed by atoms with van der Waals surface area (Å²) in [6, 6.07) is -0.686. The zero-order valence-corrected chi connectivity index (χ0v) is 16.7. The molecule has 3 aliphatic rings. The van der Waals surface area contributed by atoms with E-state index in [0.29, 0.717) is 18.4 Å². The van der Waals surface area contributed by atoms with Crippen LogP contribution in [0.5, 0.6) is 0 Å². The number of hydrogen-bond acceptors (Lipinski definition) is 7. The molecule has 0 aromatic carbocycles. The average Bonchev–Trinajstić information content (AvgIpc) is 2.72. The van der Waals surface area contributed by atoms with E-state index in [0.717, 1.165) is 25.7 Å². The molecule has 2 aliphatic heterocycles. The number of carbonyl (C=O) groups is 3. The normalized spacial score (nSPS) is 23.3. The van der Waals surface area contributed by atoms with E-state index in [4.69, 9.17) is 25.8 Å². The Bertz CT molecular complexity index is 657. The molecule has 0 N–H and O–H groups in total. The van der Waals surface area contributed by atoms with Gasteiger partial charge >= 0.3 is 17.9 Å². The first-order valence-electron chi connectivity index (χ1n) is 9.03. The third-order valence-electron chi connectivity index (χ3n) is 4.92. The summed E-state index contributed by atoms with van der Waals surface area (Å²) in [6.45, 7) is -0.0805. The first-order valence-corrected chi connectivity index (χ1v) is 9.46. The molecule has 150 valence electrons. The van der Waals surface area contributed by atoms with Crippen LogP contribution in [-0.4, -0.2) is 62.1 Å². The molecule has 0 saturated heterocycles. The number of ether oxygens (including phenoxy) is 3. The van der Waals surface area contributed by atoms with Gasteiger partial charge in [-0.15, -0.1) is 11.6 Å². The maximum atomic E-state index is 12.7. The smallest absolute Gasteiger partial charge is 0.338 e. The molecule has 2 bridgehead atoms. The molecule has 3 rings (SSSR count). The first kappa shape index (κ1) is 21.3. The summed E-state index contributed by atoms with van der Waals surface area (Å²) in [4.78, 5) is 38.8. The van der Waals surface area contributed by atoms with Crippen molar-refractivity contribution in [2.45, 2.75) is 49.9 Å². The number of esters is 3. The van der Waals surface area contributed by atoms with Crippen molar-refractivity contribution >= 4 is 29.5 Å². The number of methoxy groups -OCH3 is 3. The van der Waals surface area contributed by atoms with Gasteiger partial charge in [-0.05, 0) is 24.8 Å². The summed E-state index contributed by atoms with van der Waals surface area (Å²) >= 11 is 6.68. The van der Waals surface area contributed by atoms with E-state index in [1.807, 2.05) is 0 Å². The summed E-state index contributed by atoms with van der Waals surface area (Å²) in [7, 11) is 3.83. The fourth-order valence-electron chi connectivity index (χ4n) is 3.61. The van der Waals surface area contributed by atoms with Crippen LogP contribution in [0.25, 0.3) is 0 Å². The average molecular weight is 400 g/mol. The number of halogens is 1. The third-order valence-corrected chi connectivity index (χ3v) is 5.37. The molecule has 7 nitrogen and oxygen atoms in total. The first-order chi connectivity index (χ1) is 12.9. The Kier molecular flexibility index (Phi) is 7.71. The molecular weight excluding hydrogens is 374 g/mol. The minimum Gasteiger partial charge on any atom is -0.468 e. The van der Waals surface area contributed by atoms with Crippen molar-refractivity contribution in [1.82, 2.24) is 4.90 Å². The van der Waals surface area contributed by atoms with Crippen LogP contribution in [-0.2, 0) is 28.6 Å². The van der Waals surface area contributed by atoms with Crippen LogP contribution in [0.3, 0.4) is 0 Å². The van der Waals surface area contributed by atoms with Crippen molar-refractivity contribution in [3.63, 3.8) is 0 Å². The Balaban J connectivity index is 2.65. The van der Waals surface area contributed by atoms with Crippen LogP contribution in [0.15, 0.2) is 22.9 Å². The molecule has 0 saturated carbocycles. The minimum atomic E-state index is -0.686. The second-order valence-corrected chi connectivity index (χ2v) is 7.15. The van der Waals surface area contributed by atoms with Crippen LogP contribution in [0.1, 0.15) is 38.5 Å². The SMILES string of the molecule is COC(=O)CN1C=C2CCCCCC[C@H](Cl)[C@H]1C(C(=O)OC)=C2C(=O)OC. The standard InChI is InChI=1S/C19H26ClNO6/c1-25-14(22)11-21-10-12-8-6-4-5-7-9-13(20)17(21)16(19(24)27-3)15(12)18(23)26-2/h10,13,17H,4-9,11H2,1-3H3/t13-,17-/m0/s1. The summed E-state index contributed by atoms with van der Waals surface area (Å²) in [6.07, 6.45) is 6.72. The Morgan fingerprint density at radius 1 is 1.04 bits per heavy atom. The van der Waals surface area contributed by atoms with Gasteiger partial charge in [-0.1, -0.05) is 19.3 Å². The number of rotatable bonds is 4. The van der Waals surface area contributed by atoms with Crippen molar-refractivity contribution in [2.24, 2.45) is 0 Å². The van der Waals surface area contributed by atoms with E-state index in [9.17, 15) is 14.4 Å². The molecule has 0 unspecified atom stereocenters. The monoisotopic (exact) mass is 399 g/mol. The lowest BCUT2D eigenvalue weighted by Gasteiger charge is -2.38. The van der Waals surface area contributed by atoms with Gasteiger partial charge in [0.2, 0.25) is 0 Å². The van der Waals surface area contributed by atoms with Crippen LogP contribution in [0.4, 0.5) is 0 Å². The van der Waals surface area contributed by atoms with Gasteiger partial charge < -0.3 is 19.1 Å². The van der Waals surface area contributed by atoms with E-state index >= 15 is 0 Å². The largest absolute Gasteiger partial charge is 0.468 e. The quantitative estimate of drug-likeness (QED) is 0.407. The van der Waals surface area contributed by atoms with Gasteiger partial charge in [-0.3, -0.25) is 4.79 Å². The highest BCUT2D eigenvalue weighted by Gasteiger charge is 2.41. The van der Waals surface area contributed by atoms with E-state index in [1.165, 1.54) is 21.3 Å². The highest BCUT2D eigenvalue weighted by molar-refractivity contribution is 6.22. The molecule has 0 amide bonds. The van der Waals surface area contributed by atoms with Crippen LogP contribution < -0.4 is 0 Å². The number of fused-ring (bicyclic) bond motifs is 7. The molecule has 0 fully saturated rings. The molecule has 1 aliphatic carbocycles. The minimum absolute atomic E-state index is 0.0805. The Labute approximate surface area is 164 Å². The molecule has 2 atom stereocenters. The van der Waals surface area contributed by atoms with Gasteiger partial charge in [-0.25, -0.2) is 9.59 Å². The lowest BCUT2D eigenvalue weighted by molar-refractivity contribution is -0.143. The number of carbonyl (C=O) groups excluding carboxylic acids is 3. The molecule has 0 radical (unpaired) electrons. The van der Waals surface area contributed by atoms with Gasteiger partial charge in [0, 0.05) is 6.20 Å². The fourth-order valence-corrected chi connectivity index (χ4v) is 4.03. The van der Waals surface area contributed by atoms with Crippen molar-refractivity contribution in [2.75, 3.05) is 27.9 Å². The maximum absolute atomic E-state index is 12.7. The van der Waals surface area contributed by atoms with E-state index in [-0.39, 0.29) is 17.7 Å². The Morgan fingerprint density at radius 3 is 2.33 bits per heavy atom. The Morgan fingerprint density at radius 2 is 1.70 bits per heavy atom. The third kappa shape index (κ3) is 4.83. The predicted octanol–water partition coefficient (Wildman–Crippen LogP) is 2.33. The van der Waals surface area contributed by atoms with Crippen LogP contribution in [0, 0.1) is 0 Å². The zero-order chi connectivity index (χ0) is 20.0. The van der Waals surface area contributed by atoms with Gasteiger partial charge in [0.05, 0.1) is 43.9 Å². The fraction of sp³-hybridized carbons (Fsp3) is 0.632. The van der Waals surface area contributed by atoms with Crippen LogP contribution in [0.2, 0.25) is 0 Å². The summed E-state index contributed by atoms with van der Waals surface area (Å²) in [5, 5.41) is -0.487. The van der Waals surface area contributed by atoms with Gasteiger partial charge in [0.15, 0.2) is 0 Å². The molecule has 0 spiro atoms. The molecule has 0 aromatic heterocycles. The molecule has 8 heteroatoms. The van der Waals surface area contributed by atoms with Gasteiger partial charge in [-0.2, -0.15) is 0 Å². The molecule has 0 aromatic rings. The molecule has 2 heterocycles. The topological polar surface area (TPSA) is 82.1 Å². The predicted molar refractivity (Wildman–Crippen MR) is 99.0 cm³/mol. The molecular formula is C19H26ClNO6. The van der Waals surface area contributed by atoms with Crippen LogP contribution >= 0.6 is 11.6 Å². The number of hydrogen-bond donors (Lipinski definition) is 0. The van der Waals surface area contributed by atoms with Crippen molar-refractivity contribution < 1.29 is 28.6 Å². The second kappa shape index (κ2) is 9.78. The van der Waals surface area contributed by atoms with Gasteiger partial charge in [0.1, 0.15) is 6.54 Å². The Hall–Kier alpha value is -2.02. The lowest BCUT2D eigenvalue weighted by atomic mass is 9.86.